The highest BCUT2D eigenvalue weighted by molar-refractivity contribution is 8.14. The average molecular weight is 368 g/mol. The predicted octanol–water partition coefficient (Wildman–Crippen LogP) is 4.19. The molecule has 0 aliphatic carbocycles. The number of halogens is 3. The van der Waals surface area contributed by atoms with Gasteiger partial charge in [0.15, 0.2) is 0 Å². The minimum atomic E-state index is -4.46. The zero-order valence-corrected chi connectivity index (χ0v) is 13.9. The van der Waals surface area contributed by atoms with Gasteiger partial charge in [-0.1, -0.05) is 18.2 Å². The van der Waals surface area contributed by atoms with Gasteiger partial charge in [-0.15, -0.1) is 11.8 Å². The first-order valence-electron chi connectivity index (χ1n) is 7.56. The monoisotopic (exact) mass is 368 g/mol. The van der Waals surface area contributed by atoms with Crippen LogP contribution in [0.25, 0.3) is 0 Å². The largest absolute Gasteiger partial charge is 0.467 e. The van der Waals surface area contributed by atoms with E-state index < -0.39 is 18.6 Å². The SMILES string of the molecule is O=C(CSC1=Nc2ccccc2C1)N(Cc1ccco1)CC(F)(F)F. The third-order valence-electron chi connectivity index (χ3n) is 3.59. The molecule has 0 bridgehead atoms. The lowest BCUT2D eigenvalue weighted by atomic mass is 10.2. The van der Waals surface area contributed by atoms with Crippen LogP contribution in [0.15, 0.2) is 52.1 Å². The fourth-order valence-corrected chi connectivity index (χ4v) is 3.36. The summed E-state index contributed by atoms with van der Waals surface area (Å²) in [6.07, 6.45) is -2.50. The molecule has 0 spiro atoms. The normalized spacial score (nSPS) is 13.5. The van der Waals surface area contributed by atoms with Gasteiger partial charge in [-0.25, -0.2) is 4.99 Å². The van der Waals surface area contributed by atoms with E-state index in [2.05, 4.69) is 4.99 Å². The van der Waals surface area contributed by atoms with E-state index in [9.17, 15) is 18.0 Å². The molecule has 0 radical (unpaired) electrons. The Labute approximate surface area is 146 Å². The summed E-state index contributed by atoms with van der Waals surface area (Å²) in [6.45, 7) is -1.52. The Hall–Kier alpha value is -2.22. The van der Waals surface area contributed by atoms with E-state index in [1.807, 2.05) is 24.3 Å². The standard InChI is InChI=1S/C17H15F3N2O2S/c18-17(19,20)11-22(9-13-5-3-7-24-13)16(23)10-25-15-8-12-4-1-2-6-14(12)21-15/h1-7H,8-11H2. The molecule has 1 aliphatic rings. The maximum atomic E-state index is 12.8. The molecule has 1 aliphatic heterocycles. The summed E-state index contributed by atoms with van der Waals surface area (Å²) in [5.41, 5.74) is 1.90. The molecule has 0 N–H and O–H groups in total. The van der Waals surface area contributed by atoms with Gasteiger partial charge in [0.05, 0.1) is 29.3 Å². The second kappa shape index (κ2) is 7.35. The number of fused-ring (bicyclic) bond motifs is 1. The highest BCUT2D eigenvalue weighted by Crippen LogP contribution is 2.30. The molecule has 0 unspecified atom stereocenters. The van der Waals surface area contributed by atoms with Crippen molar-refractivity contribution in [2.45, 2.75) is 19.1 Å². The van der Waals surface area contributed by atoms with Crippen LogP contribution in [-0.2, 0) is 17.8 Å². The highest BCUT2D eigenvalue weighted by Gasteiger charge is 2.33. The third-order valence-corrected chi connectivity index (χ3v) is 4.55. The molecule has 8 heteroatoms. The van der Waals surface area contributed by atoms with Gasteiger partial charge in [-0.2, -0.15) is 13.2 Å². The molecule has 3 rings (SSSR count). The molecule has 0 fully saturated rings. The molecule has 1 aromatic heterocycles. The Morgan fingerprint density at radius 3 is 2.72 bits per heavy atom. The van der Waals surface area contributed by atoms with Crippen LogP contribution in [0.1, 0.15) is 11.3 Å². The van der Waals surface area contributed by atoms with Crippen LogP contribution in [0.2, 0.25) is 0 Å². The third kappa shape index (κ3) is 4.88. The van der Waals surface area contributed by atoms with Crippen molar-refractivity contribution in [3.05, 3.63) is 54.0 Å². The van der Waals surface area contributed by atoms with Gasteiger partial charge in [-0.3, -0.25) is 4.79 Å². The summed E-state index contributed by atoms with van der Waals surface area (Å²) >= 11 is 1.18. The van der Waals surface area contributed by atoms with Crippen LogP contribution in [0, 0.1) is 0 Å². The van der Waals surface area contributed by atoms with Crippen LogP contribution in [-0.4, -0.2) is 34.3 Å². The van der Waals surface area contributed by atoms with Crippen molar-refractivity contribution in [1.82, 2.24) is 4.90 Å². The maximum Gasteiger partial charge on any atom is 0.406 e. The fourth-order valence-electron chi connectivity index (χ4n) is 2.47. The van der Waals surface area contributed by atoms with E-state index in [1.165, 1.54) is 18.0 Å². The van der Waals surface area contributed by atoms with Crippen molar-refractivity contribution in [2.24, 2.45) is 4.99 Å². The number of aliphatic imine (C=N–C) groups is 1. The lowest BCUT2D eigenvalue weighted by molar-refractivity contribution is -0.161. The number of furan rings is 1. The summed E-state index contributed by atoms with van der Waals surface area (Å²) < 4.78 is 43.3. The van der Waals surface area contributed by atoms with Crippen molar-refractivity contribution in [2.75, 3.05) is 12.3 Å². The number of para-hydroxylation sites is 1. The molecule has 1 aromatic carbocycles. The number of rotatable bonds is 5. The molecule has 4 nitrogen and oxygen atoms in total. The molecule has 2 heterocycles. The molecular weight excluding hydrogens is 353 g/mol. The first-order chi connectivity index (χ1) is 11.9. The zero-order valence-electron chi connectivity index (χ0n) is 13.1. The Morgan fingerprint density at radius 1 is 1.24 bits per heavy atom. The van der Waals surface area contributed by atoms with Gasteiger partial charge in [0, 0.05) is 6.42 Å². The average Bonchev–Trinajstić information content (AvgIpc) is 3.19. The summed E-state index contributed by atoms with van der Waals surface area (Å²) in [7, 11) is 0. The lowest BCUT2D eigenvalue weighted by Crippen LogP contribution is -2.39. The number of carbonyl (C=O) groups is 1. The number of alkyl halides is 3. The van der Waals surface area contributed by atoms with E-state index in [0.717, 1.165) is 21.2 Å². The first-order valence-corrected chi connectivity index (χ1v) is 8.54. The Bertz CT molecular complexity index is 772. The van der Waals surface area contributed by atoms with Gasteiger partial charge in [0.1, 0.15) is 12.3 Å². The van der Waals surface area contributed by atoms with Gasteiger partial charge in [0.25, 0.3) is 0 Å². The van der Waals surface area contributed by atoms with Gasteiger partial charge in [-0.05, 0) is 23.8 Å². The van der Waals surface area contributed by atoms with Crippen LogP contribution in [0.4, 0.5) is 18.9 Å². The van der Waals surface area contributed by atoms with Crippen molar-refractivity contribution < 1.29 is 22.4 Å². The van der Waals surface area contributed by atoms with E-state index in [4.69, 9.17) is 4.42 Å². The summed E-state index contributed by atoms with van der Waals surface area (Å²) in [4.78, 5) is 17.4. The minimum absolute atomic E-state index is 0.0936. The van der Waals surface area contributed by atoms with Crippen molar-refractivity contribution in [3.63, 3.8) is 0 Å². The maximum absolute atomic E-state index is 12.8. The summed E-state index contributed by atoms with van der Waals surface area (Å²) in [5.74, 6) is -0.380. The Kier molecular flexibility index (Phi) is 5.17. The second-order valence-electron chi connectivity index (χ2n) is 5.54. The van der Waals surface area contributed by atoms with Gasteiger partial charge >= 0.3 is 6.18 Å². The fraction of sp³-hybridized carbons (Fsp3) is 0.294. The van der Waals surface area contributed by atoms with Crippen molar-refractivity contribution in [1.29, 1.82) is 0 Å². The zero-order chi connectivity index (χ0) is 17.9. The minimum Gasteiger partial charge on any atom is -0.467 e. The van der Waals surface area contributed by atoms with Crippen molar-refractivity contribution >= 4 is 28.4 Å². The molecule has 0 atom stereocenters. The number of nitrogens with zero attached hydrogens (tertiary/aromatic N) is 2. The molecule has 132 valence electrons. The Morgan fingerprint density at radius 2 is 2.04 bits per heavy atom. The number of carbonyl (C=O) groups excluding carboxylic acids is 1. The number of hydrogen-bond donors (Lipinski definition) is 0. The van der Waals surface area contributed by atoms with Crippen LogP contribution < -0.4 is 0 Å². The van der Waals surface area contributed by atoms with E-state index in [-0.39, 0.29) is 12.3 Å². The van der Waals surface area contributed by atoms with Crippen LogP contribution in [0.5, 0.6) is 0 Å². The number of hydrogen-bond acceptors (Lipinski definition) is 4. The van der Waals surface area contributed by atoms with Gasteiger partial charge < -0.3 is 9.32 Å². The topological polar surface area (TPSA) is 45.8 Å². The summed E-state index contributed by atoms with van der Waals surface area (Å²) in [6, 6.07) is 10.7. The molecule has 25 heavy (non-hydrogen) atoms. The molecule has 0 saturated carbocycles. The number of amides is 1. The lowest BCUT2D eigenvalue weighted by Gasteiger charge is -2.22. The smallest absolute Gasteiger partial charge is 0.406 e. The molecular formula is C17H15F3N2O2S. The van der Waals surface area contributed by atoms with Crippen LogP contribution in [0.3, 0.4) is 0 Å². The summed E-state index contributed by atoms with van der Waals surface area (Å²) in [5, 5.41) is 0.736. The number of thioether (sulfide) groups is 1. The molecule has 0 saturated heterocycles. The van der Waals surface area contributed by atoms with Crippen LogP contribution >= 0.6 is 11.8 Å². The highest BCUT2D eigenvalue weighted by atomic mass is 32.2. The van der Waals surface area contributed by atoms with E-state index >= 15 is 0 Å². The van der Waals surface area contributed by atoms with Crippen molar-refractivity contribution in [3.8, 4) is 0 Å². The predicted molar refractivity (Wildman–Crippen MR) is 89.9 cm³/mol. The quantitative estimate of drug-likeness (QED) is 0.795. The molecule has 2 aromatic rings. The second-order valence-corrected chi connectivity index (χ2v) is 6.59. The Balaban J connectivity index is 1.60. The van der Waals surface area contributed by atoms with E-state index in [0.29, 0.717) is 12.2 Å². The van der Waals surface area contributed by atoms with E-state index in [1.54, 1.807) is 12.1 Å². The first kappa shape index (κ1) is 17.6. The van der Waals surface area contributed by atoms with Gasteiger partial charge in [0.2, 0.25) is 5.91 Å². The molecule has 1 amide bonds. The number of benzene rings is 1.